The molecule has 1 N–H and O–H groups in total. The van der Waals surface area contributed by atoms with Gasteiger partial charge in [0.1, 0.15) is 5.75 Å². The maximum Gasteiger partial charge on any atom is 0.344 e. The second-order valence-electron chi connectivity index (χ2n) is 4.71. The summed E-state index contributed by atoms with van der Waals surface area (Å²) < 4.78 is 21.3. The van der Waals surface area contributed by atoms with Gasteiger partial charge in [0.2, 0.25) is 6.79 Å². The number of hydrogen-bond donors (Lipinski definition) is 1. The average molecular weight is 295 g/mol. The van der Waals surface area contributed by atoms with Gasteiger partial charge in [0.15, 0.2) is 18.1 Å². The van der Waals surface area contributed by atoms with E-state index >= 15 is 0 Å². The monoisotopic (exact) mass is 295 g/mol. The number of fused-ring (bicyclic) bond motifs is 1. The Morgan fingerprint density at radius 2 is 2.10 bits per heavy atom. The van der Waals surface area contributed by atoms with Crippen LogP contribution in [0.15, 0.2) is 12.1 Å². The second-order valence-corrected chi connectivity index (χ2v) is 4.71. The Kier molecular flexibility index (Phi) is 5.68. The summed E-state index contributed by atoms with van der Waals surface area (Å²) in [5.74, 6) is 1.56. The molecule has 0 spiro atoms. The Hall–Kier alpha value is -1.95. The lowest BCUT2D eigenvalue weighted by atomic mass is 10.1. The Morgan fingerprint density at radius 3 is 2.81 bits per heavy atom. The molecule has 0 fully saturated rings. The van der Waals surface area contributed by atoms with Gasteiger partial charge >= 0.3 is 5.97 Å². The number of nitrogens with one attached hydrogen (secondary N) is 1. The van der Waals surface area contributed by atoms with Crippen LogP contribution in [0.3, 0.4) is 0 Å². The molecule has 6 heteroatoms. The molecule has 6 nitrogen and oxygen atoms in total. The van der Waals surface area contributed by atoms with Gasteiger partial charge in [-0.15, -0.1) is 0 Å². The molecule has 0 atom stereocenters. The molecule has 0 aromatic heterocycles. The van der Waals surface area contributed by atoms with Crippen LogP contribution in [0.2, 0.25) is 0 Å². The molecule has 0 aliphatic carbocycles. The van der Waals surface area contributed by atoms with Crippen molar-refractivity contribution in [2.24, 2.45) is 0 Å². The fourth-order valence-corrected chi connectivity index (χ4v) is 1.94. The molecule has 0 saturated carbocycles. The summed E-state index contributed by atoms with van der Waals surface area (Å²) in [7, 11) is 1.84. The molecular formula is C15H21NO5. The van der Waals surface area contributed by atoms with Crippen LogP contribution in [0.4, 0.5) is 0 Å². The molecule has 0 amide bonds. The quantitative estimate of drug-likeness (QED) is 0.583. The number of carbonyl (C=O) groups excluding carboxylic acids is 1. The van der Waals surface area contributed by atoms with Crippen LogP contribution < -0.4 is 19.5 Å². The maximum absolute atomic E-state index is 11.6. The number of benzene rings is 1. The lowest BCUT2D eigenvalue weighted by Gasteiger charge is -2.12. The summed E-state index contributed by atoms with van der Waals surface area (Å²) in [5, 5.41) is 3.05. The highest BCUT2D eigenvalue weighted by molar-refractivity contribution is 5.71. The second kappa shape index (κ2) is 7.73. The molecule has 1 aliphatic rings. The van der Waals surface area contributed by atoms with Gasteiger partial charge in [-0.05, 0) is 19.5 Å². The molecule has 0 saturated heterocycles. The van der Waals surface area contributed by atoms with Crippen molar-refractivity contribution in [2.75, 3.05) is 27.1 Å². The number of ether oxygens (including phenoxy) is 4. The first-order valence-corrected chi connectivity index (χ1v) is 7.10. The summed E-state index contributed by atoms with van der Waals surface area (Å²) in [6.45, 7) is 3.18. The van der Waals surface area contributed by atoms with Crippen molar-refractivity contribution in [3.63, 3.8) is 0 Å². The van der Waals surface area contributed by atoms with Crippen LogP contribution in [-0.4, -0.2) is 33.0 Å². The molecule has 1 aromatic carbocycles. The van der Waals surface area contributed by atoms with Crippen molar-refractivity contribution >= 4 is 5.97 Å². The Bertz CT molecular complexity index is 489. The minimum atomic E-state index is -0.364. The van der Waals surface area contributed by atoms with Crippen molar-refractivity contribution < 1.29 is 23.7 Å². The van der Waals surface area contributed by atoms with Gasteiger partial charge in [-0.3, -0.25) is 0 Å². The highest BCUT2D eigenvalue weighted by Gasteiger charge is 2.18. The van der Waals surface area contributed by atoms with Gasteiger partial charge < -0.3 is 24.3 Å². The van der Waals surface area contributed by atoms with E-state index in [0.29, 0.717) is 30.4 Å². The summed E-state index contributed by atoms with van der Waals surface area (Å²) >= 11 is 0. The van der Waals surface area contributed by atoms with E-state index < -0.39 is 0 Å². The molecule has 1 aromatic rings. The Labute approximate surface area is 124 Å². The lowest BCUT2D eigenvalue weighted by molar-refractivity contribution is -0.146. The van der Waals surface area contributed by atoms with Crippen LogP contribution in [0.5, 0.6) is 17.2 Å². The zero-order valence-electron chi connectivity index (χ0n) is 12.4. The van der Waals surface area contributed by atoms with E-state index in [1.54, 1.807) is 6.07 Å². The first kappa shape index (κ1) is 15.4. The van der Waals surface area contributed by atoms with Crippen LogP contribution in [0.1, 0.15) is 25.3 Å². The van der Waals surface area contributed by atoms with Gasteiger partial charge in [-0.1, -0.05) is 13.3 Å². The molecule has 1 aliphatic heterocycles. The first-order valence-electron chi connectivity index (χ1n) is 7.10. The third-order valence-corrected chi connectivity index (χ3v) is 3.03. The zero-order valence-corrected chi connectivity index (χ0v) is 12.4. The van der Waals surface area contributed by atoms with Crippen molar-refractivity contribution in [1.29, 1.82) is 0 Å². The third-order valence-electron chi connectivity index (χ3n) is 3.03. The molecule has 0 radical (unpaired) electrons. The fraction of sp³-hybridized carbons (Fsp3) is 0.533. The molecule has 1 heterocycles. The molecule has 116 valence electrons. The highest BCUT2D eigenvalue weighted by atomic mass is 16.7. The van der Waals surface area contributed by atoms with E-state index in [4.69, 9.17) is 18.9 Å². The summed E-state index contributed by atoms with van der Waals surface area (Å²) in [6.07, 6.45) is 1.85. The molecule has 21 heavy (non-hydrogen) atoms. The number of esters is 1. The number of rotatable bonds is 8. The summed E-state index contributed by atoms with van der Waals surface area (Å²) in [4.78, 5) is 11.6. The van der Waals surface area contributed by atoms with E-state index in [0.717, 1.165) is 18.4 Å². The number of carbonyl (C=O) groups is 1. The minimum Gasteiger partial charge on any atom is -0.481 e. The lowest BCUT2D eigenvalue weighted by Crippen LogP contribution is -2.16. The smallest absolute Gasteiger partial charge is 0.344 e. The van der Waals surface area contributed by atoms with Crippen molar-refractivity contribution in [3.8, 4) is 17.2 Å². The number of hydrogen-bond acceptors (Lipinski definition) is 6. The summed E-state index contributed by atoms with van der Waals surface area (Å²) in [6, 6.07) is 3.60. The standard InChI is InChI=1S/C15H21NO5/c1-3-4-5-18-15(17)9-19-12-7-14-13(20-10-21-14)6-11(12)8-16-2/h6-7,16H,3-5,8-10H2,1-2H3. The average Bonchev–Trinajstić information content (AvgIpc) is 2.92. The highest BCUT2D eigenvalue weighted by Crippen LogP contribution is 2.38. The van der Waals surface area contributed by atoms with Crippen molar-refractivity contribution in [3.05, 3.63) is 17.7 Å². The number of unbranched alkanes of at least 4 members (excludes halogenated alkanes) is 1. The van der Waals surface area contributed by atoms with Crippen LogP contribution in [-0.2, 0) is 16.1 Å². The first-order chi connectivity index (χ1) is 10.2. The van der Waals surface area contributed by atoms with Crippen LogP contribution in [0, 0.1) is 0 Å². The van der Waals surface area contributed by atoms with E-state index in [-0.39, 0.29) is 19.4 Å². The predicted octanol–water partition coefficient (Wildman–Crippen LogP) is 1.86. The SMILES string of the molecule is CCCCOC(=O)COc1cc2c(cc1CNC)OCO2. The predicted molar refractivity (Wildman–Crippen MR) is 76.7 cm³/mol. The topological polar surface area (TPSA) is 66.0 Å². The maximum atomic E-state index is 11.6. The third kappa shape index (κ3) is 4.26. The van der Waals surface area contributed by atoms with E-state index in [9.17, 15) is 4.79 Å². The molecule has 2 rings (SSSR count). The van der Waals surface area contributed by atoms with Gasteiger partial charge in [0.25, 0.3) is 0 Å². The Balaban J connectivity index is 1.96. The fourth-order valence-electron chi connectivity index (χ4n) is 1.94. The normalized spacial score (nSPS) is 12.3. The van der Waals surface area contributed by atoms with E-state index in [1.807, 2.05) is 20.0 Å². The van der Waals surface area contributed by atoms with Crippen molar-refractivity contribution in [2.45, 2.75) is 26.3 Å². The van der Waals surface area contributed by atoms with Crippen molar-refractivity contribution in [1.82, 2.24) is 5.32 Å². The molecule has 0 bridgehead atoms. The van der Waals surface area contributed by atoms with Gasteiger partial charge in [0, 0.05) is 18.2 Å². The van der Waals surface area contributed by atoms with E-state index in [1.165, 1.54) is 0 Å². The van der Waals surface area contributed by atoms with Gasteiger partial charge in [-0.2, -0.15) is 0 Å². The minimum absolute atomic E-state index is 0.111. The Morgan fingerprint density at radius 1 is 1.33 bits per heavy atom. The molecule has 0 unspecified atom stereocenters. The molecular weight excluding hydrogens is 274 g/mol. The largest absolute Gasteiger partial charge is 0.481 e. The van der Waals surface area contributed by atoms with Crippen LogP contribution in [0.25, 0.3) is 0 Å². The van der Waals surface area contributed by atoms with Gasteiger partial charge in [-0.25, -0.2) is 4.79 Å². The summed E-state index contributed by atoms with van der Waals surface area (Å²) in [5.41, 5.74) is 0.906. The zero-order chi connectivity index (χ0) is 15.1. The van der Waals surface area contributed by atoms with Crippen LogP contribution >= 0.6 is 0 Å². The van der Waals surface area contributed by atoms with Gasteiger partial charge in [0.05, 0.1) is 6.61 Å². The van der Waals surface area contributed by atoms with E-state index in [2.05, 4.69) is 5.32 Å².